The van der Waals surface area contributed by atoms with Crippen molar-refractivity contribution in [2.24, 2.45) is 15.9 Å². The first-order chi connectivity index (χ1) is 69.5. The van der Waals surface area contributed by atoms with Crippen molar-refractivity contribution in [1.82, 2.24) is 82.5 Å². The number of aliphatic carboxylic acids is 4. The van der Waals surface area contributed by atoms with E-state index < -0.39 is 210 Å². The highest BCUT2D eigenvalue weighted by atomic mass is 33.1. The first-order valence-electron chi connectivity index (χ1n) is 46.1. The summed E-state index contributed by atoms with van der Waals surface area (Å²) in [7, 11) is 6.95. The molecule has 9 rings (SSSR count). The number of benzene rings is 3. The highest BCUT2D eigenvalue weighted by Crippen LogP contribution is 2.41. The number of hydrogen-bond acceptors (Lipinski definition) is 35. The first kappa shape index (κ1) is 114. The zero-order chi connectivity index (χ0) is 107. The quantitative estimate of drug-likeness (QED) is 0.00504. The summed E-state index contributed by atoms with van der Waals surface area (Å²) in [4.78, 5) is 267. The standard InChI is InChI=1S/C92H119N23O28S3/c1-48-31-54-42-100-60-35-67(65(138-6)33-56(60)85(132)114(54)44-48)141-28-10-9-11-29-142-68-36-61(57(34-66(68)139-7)86(133)115-45-49(2)32-55(115)43-102-140-8)110-91(137)143-47-92(4,5)146-145-30-23-71(117)97-26-25-96-70(116)22-27-113-73(119)39-69(87(113)134)144-46-64(88(135)136)109-81(128)59(19-21-74(120)121)107-83(130)63(38-76(124)125)108-80(127)58(13-12-24-98-89(93)94)106-82(129)62(37-75(122)123)105-72(118)20-14-50(3)103-79(126)51-15-17-52(18-16-51)99-40-53-41-101-78-77(104-53)84(131)112-90(95)111-78/h15-18,33-36,41-43,50,54-55,58-59,62-64,69,99H,1-2,9-14,19-32,37-40,44-47H2,3-8H3,(H,96,116)(H,97,117)(H,103,126)(H,105,118)(H,106,129)(H,107,130)(H,108,127)(H,109,128)(H,110,137)(H,120,121)(H,122,123)(H,124,125)(H,135,136)(H4,93,94,98)(H3,95,101,111,112,131)/b102-43+/t50-,54+,55?,58+,59+,62+,63+,64+,69?/m1/s1. The molecule has 6 heterocycles. The van der Waals surface area contributed by atoms with Crippen LogP contribution in [0.25, 0.3) is 11.2 Å². The van der Waals surface area contributed by atoms with E-state index in [2.05, 4.69) is 102 Å². The number of imide groups is 1. The molecule has 51 nitrogen and oxygen atoms in total. The van der Waals surface area contributed by atoms with Crippen LogP contribution < -0.4 is 94.5 Å². The number of aliphatic imine (C=N–C) groups is 1. The molecule has 0 spiro atoms. The van der Waals surface area contributed by atoms with Crippen molar-refractivity contribution in [1.29, 1.82) is 5.41 Å². The number of anilines is 3. The molecule has 3 aromatic carbocycles. The number of aromatic amines is 1. The van der Waals surface area contributed by atoms with Gasteiger partial charge in [-0.15, -0.1) is 11.8 Å². The molecule has 3 saturated heterocycles. The second-order valence-corrected chi connectivity index (χ2v) is 38.9. The van der Waals surface area contributed by atoms with Gasteiger partial charge in [0.2, 0.25) is 59.1 Å². The molecule has 9 atom stereocenters. The number of nitrogens with two attached hydrogens (primary N) is 2. The van der Waals surface area contributed by atoms with E-state index in [1.165, 1.54) is 84.5 Å². The van der Waals surface area contributed by atoms with Crippen molar-refractivity contribution in [3.05, 3.63) is 112 Å². The van der Waals surface area contributed by atoms with Crippen LogP contribution in [-0.2, 0) is 78.4 Å². The number of H-pyrrole nitrogens is 1. The van der Waals surface area contributed by atoms with E-state index >= 15 is 0 Å². The molecule has 146 heavy (non-hydrogen) atoms. The average molecular weight is 2090 g/mol. The molecule has 4 aliphatic rings. The van der Waals surface area contributed by atoms with Crippen LogP contribution in [0.15, 0.2) is 94.0 Å². The summed E-state index contributed by atoms with van der Waals surface area (Å²) in [6, 6.07) is 1.34. The average Bonchev–Trinajstić information content (AvgIpc) is 1.07. The van der Waals surface area contributed by atoms with Crippen molar-refractivity contribution in [3.8, 4) is 23.0 Å². The molecule has 788 valence electrons. The molecular weight excluding hydrogens is 1970 g/mol. The number of likely N-dealkylation sites (tertiary alicyclic amines) is 2. The zero-order valence-corrected chi connectivity index (χ0v) is 83.3. The largest absolute Gasteiger partial charge is 0.493 e. The number of unbranched alkanes of at least 4 members (excludes halogenated alkanes) is 2. The van der Waals surface area contributed by atoms with Gasteiger partial charge in [0.1, 0.15) is 43.9 Å². The van der Waals surface area contributed by atoms with Crippen LogP contribution in [0, 0.1) is 5.41 Å². The third-order valence-corrected chi connectivity index (χ3v) is 27.1. The SMILES string of the molecule is C=C1CC(/C=N/OC)N(C(=O)c2cc(OC)c(OCCCCCOc3cc4c(cc3OC)C(=O)N3CC(=C)C[C@H]3C=N4)cc2NC(=O)OCC(C)(C)SSCCC(=O)NCCNC(=O)CCN2C(=O)CC(SC[C@H](NC(=O)[C@H](CCC(=O)O)NC(=O)[C@H](CC(=O)O)NC(=O)[C@H](CCCNC(=N)N)NC(=O)[C@H](CC(=O)O)NC(=O)CC[C@@H](C)NC(=O)c3ccc(NCc4cnc5nc(N)[nH]c(=O)c5n4)cc3)C(=O)O)C2=O)C1. The van der Waals surface area contributed by atoms with Gasteiger partial charge in [0.05, 0.1) is 110 Å². The smallest absolute Gasteiger partial charge is 0.411 e. The second-order valence-electron chi connectivity index (χ2n) is 34.6. The minimum atomic E-state index is -2.16. The monoisotopic (exact) mass is 2090 g/mol. The maximum Gasteiger partial charge on any atom is 0.411 e. The minimum absolute atomic E-state index is 0.0172. The van der Waals surface area contributed by atoms with Crippen LogP contribution in [0.4, 0.5) is 27.8 Å². The second kappa shape index (κ2) is 55.5. The lowest BCUT2D eigenvalue weighted by atomic mass is 10.1. The molecule has 13 amide bonds. The number of methoxy groups -OCH3 is 2. The maximum atomic E-state index is 14.5. The van der Waals surface area contributed by atoms with Gasteiger partial charge in [-0.25, -0.2) is 19.6 Å². The third-order valence-electron chi connectivity index (χ3n) is 22.5. The summed E-state index contributed by atoms with van der Waals surface area (Å²) in [6.07, 6.45) is 0.888. The zero-order valence-electron chi connectivity index (χ0n) is 80.8. The van der Waals surface area contributed by atoms with Gasteiger partial charge in [-0.1, -0.05) is 51.0 Å². The van der Waals surface area contributed by atoms with E-state index in [0.717, 1.165) is 16.0 Å². The van der Waals surface area contributed by atoms with Crippen LogP contribution in [0.2, 0.25) is 0 Å². The number of fused-ring (bicyclic) bond motifs is 3. The molecule has 4 aliphatic heterocycles. The summed E-state index contributed by atoms with van der Waals surface area (Å²) < 4.78 is 28.7. The maximum absolute atomic E-state index is 14.5. The van der Waals surface area contributed by atoms with Crippen molar-refractivity contribution in [2.45, 2.75) is 188 Å². The molecular formula is C92H119N23O28S3. The number of rotatable bonds is 59. The molecule has 54 heteroatoms. The van der Waals surface area contributed by atoms with Gasteiger partial charge in [-0.2, -0.15) is 4.98 Å². The van der Waals surface area contributed by atoms with Crippen LogP contribution in [0.3, 0.4) is 0 Å². The number of carbonyl (C=O) groups excluding carboxylic acids is 13. The number of guanidine groups is 1. The predicted molar refractivity (Wildman–Crippen MR) is 534 cm³/mol. The number of ether oxygens (including phenoxy) is 5. The number of carboxylic acids is 4. The Morgan fingerprint density at radius 1 is 0.678 bits per heavy atom. The van der Waals surface area contributed by atoms with Gasteiger partial charge in [-0.3, -0.25) is 102 Å². The van der Waals surface area contributed by atoms with E-state index in [9.17, 15) is 107 Å². The molecule has 2 aromatic heterocycles. The Morgan fingerprint density at radius 2 is 1.30 bits per heavy atom. The number of carboxylic acid groups (broad SMARTS) is 4. The Morgan fingerprint density at radius 3 is 1.95 bits per heavy atom. The number of amides is 13. The van der Waals surface area contributed by atoms with Crippen LogP contribution >= 0.6 is 33.3 Å². The number of nitrogens with one attached hydrogen (secondary N) is 13. The minimum Gasteiger partial charge on any atom is -0.493 e. The topological polar surface area (TPSA) is 741 Å². The highest BCUT2D eigenvalue weighted by molar-refractivity contribution is 8.77. The normalized spacial score (nSPS) is 16.0. The first-order valence-corrected chi connectivity index (χ1v) is 49.5. The Balaban J connectivity index is 0.685. The summed E-state index contributed by atoms with van der Waals surface area (Å²) in [5, 5.41) is 77.1. The van der Waals surface area contributed by atoms with Crippen LogP contribution in [-0.4, -0.2) is 325 Å². The van der Waals surface area contributed by atoms with E-state index in [1.54, 1.807) is 42.3 Å². The molecule has 0 bridgehead atoms. The fourth-order valence-electron chi connectivity index (χ4n) is 15.1. The Kier molecular flexibility index (Phi) is 43.4. The predicted octanol–water partition coefficient (Wildman–Crippen LogP) is 2.21. The summed E-state index contributed by atoms with van der Waals surface area (Å²) in [5.41, 5.74) is 14.3. The van der Waals surface area contributed by atoms with Crippen molar-refractivity contribution in [2.75, 3.05) is 108 Å². The lowest BCUT2D eigenvalue weighted by Gasteiger charge is -2.26. The fraction of sp³-hybridized carbons (Fsp3) is 0.478. The molecule has 21 N–H and O–H groups in total. The number of nitrogens with zero attached hydrogens (tertiary/aromatic N) is 8. The fourth-order valence-corrected chi connectivity index (χ4v) is 18.6. The van der Waals surface area contributed by atoms with E-state index in [1.807, 2.05) is 13.8 Å². The summed E-state index contributed by atoms with van der Waals surface area (Å²) in [5.74, 6) is -16.3. The van der Waals surface area contributed by atoms with Crippen molar-refractivity contribution in [3.63, 3.8) is 0 Å². The molecule has 2 unspecified atom stereocenters. The number of nitrogen functional groups attached to an aromatic ring is 1. The van der Waals surface area contributed by atoms with Crippen LogP contribution in [0.1, 0.15) is 160 Å². The van der Waals surface area contributed by atoms with Gasteiger partial charge in [0.15, 0.2) is 40.1 Å². The van der Waals surface area contributed by atoms with Crippen molar-refractivity contribution >= 4 is 187 Å². The highest BCUT2D eigenvalue weighted by Gasteiger charge is 2.43. The third kappa shape index (κ3) is 35.3. The van der Waals surface area contributed by atoms with E-state index in [4.69, 9.17) is 45.4 Å². The van der Waals surface area contributed by atoms with E-state index in [-0.39, 0.29) is 135 Å². The van der Waals surface area contributed by atoms with E-state index in [0.29, 0.717) is 96.9 Å². The van der Waals surface area contributed by atoms with Crippen LogP contribution in [0.5, 0.6) is 23.0 Å². The number of oxime groups is 1. The number of carbonyl (C=O) groups is 17. The Bertz CT molecular complexity index is 5830. The molecule has 5 aromatic rings. The van der Waals surface area contributed by atoms with Gasteiger partial charge in [0.25, 0.3) is 23.3 Å². The lowest BCUT2D eigenvalue weighted by molar-refractivity contribution is -0.143. The van der Waals surface area contributed by atoms with Gasteiger partial charge in [0, 0.05) is 119 Å². The van der Waals surface area contributed by atoms with Gasteiger partial charge < -0.3 is 123 Å². The Hall–Kier alpha value is -15.4. The lowest BCUT2D eigenvalue weighted by Crippen LogP contribution is -2.59. The number of aromatic nitrogens is 4. The van der Waals surface area contributed by atoms with Crippen molar-refractivity contribution < 1.29 is 130 Å². The summed E-state index contributed by atoms with van der Waals surface area (Å²) in [6.45, 7) is 13.8. The Labute approximate surface area is 848 Å². The molecule has 0 radical (unpaired) electrons. The summed E-state index contributed by atoms with van der Waals surface area (Å²) >= 11 is 0.622. The number of thioether (sulfide) groups is 1. The molecule has 3 fully saturated rings. The number of hydrogen-bond donors (Lipinski definition) is 19. The van der Waals surface area contributed by atoms with Gasteiger partial charge in [-0.05, 0) is 115 Å². The van der Waals surface area contributed by atoms with Gasteiger partial charge >= 0.3 is 30.0 Å². The molecule has 0 aliphatic carbocycles. The molecule has 0 saturated carbocycles.